The fourth-order valence-electron chi connectivity index (χ4n) is 2.58. The summed E-state index contributed by atoms with van der Waals surface area (Å²) in [6.45, 7) is 7.66. The summed E-state index contributed by atoms with van der Waals surface area (Å²) in [6.07, 6.45) is 0.830. The quantitative estimate of drug-likeness (QED) is 0.801. The molecule has 1 heterocycles. The number of thiophene rings is 1. The van der Waals surface area contributed by atoms with E-state index in [-0.39, 0.29) is 17.6 Å². The van der Waals surface area contributed by atoms with Crippen molar-refractivity contribution >= 4 is 21.4 Å². The van der Waals surface area contributed by atoms with Crippen molar-refractivity contribution in [3.63, 3.8) is 0 Å². The number of hydrogen-bond acceptors (Lipinski definition) is 5. The number of sulfonamides is 1. The molecule has 21 heavy (non-hydrogen) atoms. The van der Waals surface area contributed by atoms with Crippen molar-refractivity contribution in [1.82, 2.24) is 10.0 Å². The molecule has 2 atom stereocenters. The molecule has 1 fully saturated rings. The average molecular weight is 332 g/mol. The van der Waals surface area contributed by atoms with E-state index in [2.05, 4.69) is 10.0 Å². The van der Waals surface area contributed by atoms with Crippen molar-refractivity contribution in [2.75, 3.05) is 13.7 Å². The lowest BCUT2D eigenvalue weighted by Gasteiger charge is -2.50. The monoisotopic (exact) mass is 332 g/mol. The highest BCUT2D eigenvalue weighted by molar-refractivity contribution is 7.91. The summed E-state index contributed by atoms with van der Waals surface area (Å²) in [5, 5.41) is 3.20. The van der Waals surface area contributed by atoms with Crippen LogP contribution >= 0.6 is 11.3 Å². The van der Waals surface area contributed by atoms with Crippen LogP contribution in [0, 0.1) is 5.41 Å². The first-order valence-corrected chi connectivity index (χ1v) is 9.45. The molecule has 1 aromatic rings. The molecule has 120 valence electrons. The number of nitrogens with one attached hydrogen (secondary N) is 2. The zero-order chi connectivity index (χ0) is 15.7. The van der Waals surface area contributed by atoms with E-state index in [1.165, 1.54) is 11.3 Å². The van der Waals surface area contributed by atoms with E-state index in [4.69, 9.17) is 4.74 Å². The van der Waals surface area contributed by atoms with Crippen molar-refractivity contribution in [3.05, 3.63) is 17.0 Å². The van der Waals surface area contributed by atoms with Gasteiger partial charge in [0.15, 0.2) is 0 Å². The Labute approximate surface area is 131 Å². The summed E-state index contributed by atoms with van der Waals surface area (Å²) in [4.78, 5) is 1.03. The highest BCUT2D eigenvalue weighted by Gasteiger charge is 2.50. The second-order valence-electron chi connectivity index (χ2n) is 5.96. The first-order chi connectivity index (χ1) is 9.81. The molecule has 1 saturated carbocycles. The SMILES string of the molecule is CCNCc1ccc(S(=O)(=O)NC2CC(OC)C2(C)C)s1. The van der Waals surface area contributed by atoms with Crippen molar-refractivity contribution in [3.8, 4) is 0 Å². The summed E-state index contributed by atoms with van der Waals surface area (Å²) in [6, 6.07) is 3.47. The lowest BCUT2D eigenvalue weighted by molar-refractivity contribution is -0.0908. The van der Waals surface area contributed by atoms with Gasteiger partial charge in [-0.15, -0.1) is 11.3 Å². The van der Waals surface area contributed by atoms with E-state index in [9.17, 15) is 8.42 Å². The lowest BCUT2D eigenvalue weighted by Crippen LogP contribution is -2.61. The van der Waals surface area contributed by atoms with E-state index in [0.717, 1.165) is 17.8 Å². The Bertz CT molecular complexity index is 581. The third kappa shape index (κ3) is 3.48. The predicted molar refractivity (Wildman–Crippen MR) is 85.0 cm³/mol. The molecule has 0 aliphatic heterocycles. The van der Waals surface area contributed by atoms with Gasteiger partial charge in [0.05, 0.1) is 6.10 Å². The molecule has 0 bridgehead atoms. The third-order valence-electron chi connectivity index (χ3n) is 4.21. The molecule has 7 heteroatoms. The van der Waals surface area contributed by atoms with E-state index < -0.39 is 10.0 Å². The molecule has 5 nitrogen and oxygen atoms in total. The molecule has 0 saturated heterocycles. The molecule has 2 rings (SSSR count). The normalized spacial score (nSPS) is 24.8. The lowest BCUT2D eigenvalue weighted by atomic mass is 9.65. The molecule has 0 aromatic carbocycles. The number of methoxy groups -OCH3 is 1. The van der Waals surface area contributed by atoms with Crippen LogP contribution in [0.5, 0.6) is 0 Å². The van der Waals surface area contributed by atoms with Crippen molar-refractivity contribution in [2.24, 2.45) is 5.41 Å². The molecule has 1 aromatic heterocycles. The van der Waals surface area contributed by atoms with Crippen LogP contribution in [0.2, 0.25) is 0 Å². The Morgan fingerprint density at radius 1 is 1.43 bits per heavy atom. The fourth-order valence-corrected chi connectivity index (χ4v) is 5.32. The van der Waals surface area contributed by atoms with Gasteiger partial charge in [-0.1, -0.05) is 20.8 Å². The van der Waals surface area contributed by atoms with Gasteiger partial charge in [-0.2, -0.15) is 0 Å². The topological polar surface area (TPSA) is 67.4 Å². The Morgan fingerprint density at radius 3 is 2.71 bits per heavy atom. The average Bonchev–Trinajstić information content (AvgIpc) is 2.90. The van der Waals surface area contributed by atoms with Crippen LogP contribution in [-0.2, 0) is 21.3 Å². The van der Waals surface area contributed by atoms with E-state index >= 15 is 0 Å². The van der Waals surface area contributed by atoms with Gasteiger partial charge in [0, 0.05) is 30.0 Å². The summed E-state index contributed by atoms with van der Waals surface area (Å²) in [5.74, 6) is 0. The molecule has 0 amide bonds. The molecule has 1 aliphatic carbocycles. The minimum atomic E-state index is -3.44. The maximum atomic E-state index is 12.4. The summed E-state index contributed by atoms with van der Waals surface area (Å²) < 4.78 is 33.4. The Kier molecular flexibility index (Phi) is 5.10. The summed E-state index contributed by atoms with van der Waals surface area (Å²) in [7, 11) is -1.77. The maximum absolute atomic E-state index is 12.4. The largest absolute Gasteiger partial charge is 0.381 e. The van der Waals surface area contributed by atoms with Gasteiger partial charge in [0.1, 0.15) is 4.21 Å². The molecule has 1 aliphatic rings. The van der Waals surface area contributed by atoms with Gasteiger partial charge in [-0.3, -0.25) is 0 Å². The first kappa shape index (κ1) is 16.9. The Morgan fingerprint density at radius 2 is 2.14 bits per heavy atom. The molecule has 0 radical (unpaired) electrons. The predicted octanol–water partition coefficient (Wildman–Crippen LogP) is 1.95. The highest BCUT2D eigenvalue weighted by Crippen LogP contribution is 2.43. The molecule has 2 unspecified atom stereocenters. The molecular formula is C14H24N2O3S2. The fraction of sp³-hybridized carbons (Fsp3) is 0.714. The first-order valence-electron chi connectivity index (χ1n) is 7.15. The van der Waals surface area contributed by atoms with Crippen LogP contribution in [0.1, 0.15) is 32.1 Å². The van der Waals surface area contributed by atoms with Crippen LogP contribution in [0.4, 0.5) is 0 Å². The zero-order valence-electron chi connectivity index (χ0n) is 13.0. The minimum absolute atomic E-state index is 0.0771. The van der Waals surface area contributed by atoms with Crippen LogP contribution < -0.4 is 10.0 Å². The van der Waals surface area contributed by atoms with Gasteiger partial charge in [-0.25, -0.2) is 13.1 Å². The van der Waals surface area contributed by atoms with Gasteiger partial charge in [-0.05, 0) is 25.1 Å². The third-order valence-corrected chi connectivity index (χ3v) is 7.26. The van der Waals surface area contributed by atoms with Crippen LogP contribution in [0.3, 0.4) is 0 Å². The van der Waals surface area contributed by atoms with Crippen LogP contribution in [-0.4, -0.2) is 34.2 Å². The number of hydrogen-bond donors (Lipinski definition) is 2. The maximum Gasteiger partial charge on any atom is 0.250 e. The number of rotatable bonds is 7. The van der Waals surface area contributed by atoms with E-state index in [1.807, 2.05) is 26.8 Å². The van der Waals surface area contributed by atoms with Crippen LogP contribution in [0.25, 0.3) is 0 Å². The van der Waals surface area contributed by atoms with E-state index in [0.29, 0.717) is 10.8 Å². The van der Waals surface area contributed by atoms with Crippen molar-refractivity contribution in [2.45, 2.75) is 50.1 Å². The molecular weight excluding hydrogens is 308 g/mol. The zero-order valence-corrected chi connectivity index (χ0v) is 14.6. The molecule has 2 N–H and O–H groups in total. The highest BCUT2D eigenvalue weighted by atomic mass is 32.2. The minimum Gasteiger partial charge on any atom is -0.381 e. The van der Waals surface area contributed by atoms with Crippen molar-refractivity contribution in [1.29, 1.82) is 0 Å². The Balaban J connectivity index is 2.04. The standard InChI is InChI=1S/C14H24N2O3S2/c1-5-15-9-10-6-7-13(20-10)21(17,18)16-11-8-12(19-4)14(11,2)3/h6-7,11-12,15-16H,5,8-9H2,1-4H3. The summed E-state index contributed by atoms with van der Waals surface area (Å²) >= 11 is 1.32. The van der Waals surface area contributed by atoms with Gasteiger partial charge >= 0.3 is 0 Å². The Hall–Kier alpha value is -0.470. The van der Waals surface area contributed by atoms with Gasteiger partial charge in [0.25, 0.3) is 0 Å². The molecule has 0 spiro atoms. The summed E-state index contributed by atoms with van der Waals surface area (Å²) in [5.41, 5.74) is -0.175. The smallest absolute Gasteiger partial charge is 0.250 e. The van der Waals surface area contributed by atoms with Crippen molar-refractivity contribution < 1.29 is 13.2 Å². The second-order valence-corrected chi connectivity index (χ2v) is 9.07. The second kappa shape index (κ2) is 6.34. The van der Waals surface area contributed by atoms with Gasteiger partial charge in [0.2, 0.25) is 10.0 Å². The van der Waals surface area contributed by atoms with Crippen LogP contribution in [0.15, 0.2) is 16.3 Å². The number of ether oxygens (including phenoxy) is 1. The van der Waals surface area contributed by atoms with E-state index in [1.54, 1.807) is 13.2 Å². The van der Waals surface area contributed by atoms with Gasteiger partial charge < -0.3 is 10.1 Å².